The summed E-state index contributed by atoms with van der Waals surface area (Å²) in [5, 5.41) is 3.73. The summed E-state index contributed by atoms with van der Waals surface area (Å²) in [6, 6.07) is 10.9. The molecular formula is C18H27N. The molecular weight excluding hydrogens is 230 g/mol. The third kappa shape index (κ3) is 3.82. The summed E-state index contributed by atoms with van der Waals surface area (Å²) in [7, 11) is 0. The van der Waals surface area contributed by atoms with Crippen LogP contribution in [0.3, 0.4) is 0 Å². The quantitative estimate of drug-likeness (QED) is 0.688. The van der Waals surface area contributed by atoms with Crippen molar-refractivity contribution in [2.24, 2.45) is 17.8 Å². The molecule has 1 aromatic rings. The van der Waals surface area contributed by atoms with Crippen LogP contribution in [0, 0.1) is 17.8 Å². The monoisotopic (exact) mass is 257 g/mol. The third-order valence-electron chi connectivity index (χ3n) is 4.96. The first kappa shape index (κ1) is 13.2. The fourth-order valence-corrected chi connectivity index (χ4v) is 3.30. The van der Waals surface area contributed by atoms with Gasteiger partial charge < -0.3 is 5.32 Å². The van der Waals surface area contributed by atoms with Gasteiger partial charge in [0.25, 0.3) is 0 Å². The molecule has 0 saturated heterocycles. The Morgan fingerprint density at radius 3 is 2.26 bits per heavy atom. The van der Waals surface area contributed by atoms with Crippen molar-refractivity contribution in [3.8, 4) is 0 Å². The largest absolute Gasteiger partial charge is 0.316 e. The van der Waals surface area contributed by atoms with Crippen LogP contribution in [0.2, 0.25) is 0 Å². The maximum Gasteiger partial charge on any atom is -0.00152 e. The Balaban J connectivity index is 1.36. The van der Waals surface area contributed by atoms with Crippen molar-refractivity contribution in [3.05, 3.63) is 35.9 Å². The van der Waals surface area contributed by atoms with Gasteiger partial charge in [0.2, 0.25) is 0 Å². The summed E-state index contributed by atoms with van der Waals surface area (Å²) >= 11 is 0. The molecule has 19 heavy (non-hydrogen) atoms. The van der Waals surface area contributed by atoms with Crippen LogP contribution in [0.15, 0.2) is 30.3 Å². The van der Waals surface area contributed by atoms with Crippen LogP contribution in [-0.2, 0) is 0 Å². The molecule has 104 valence electrons. The Kier molecular flexibility index (Phi) is 4.22. The second-order valence-electron chi connectivity index (χ2n) is 6.64. The zero-order chi connectivity index (χ0) is 13.1. The molecule has 1 unspecified atom stereocenters. The van der Waals surface area contributed by atoms with Gasteiger partial charge in [-0.15, -0.1) is 0 Å². The lowest BCUT2D eigenvalue weighted by molar-refractivity contribution is 0.376. The van der Waals surface area contributed by atoms with Gasteiger partial charge in [0.05, 0.1) is 0 Å². The van der Waals surface area contributed by atoms with Gasteiger partial charge in [0.1, 0.15) is 0 Å². The number of hydrogen-bond donors (Lipinski definition) is 1. The maximum absolute atomic E-state index is 3.73. The molecule has 0 bridgehead atoms. The number of nitrogens with one attached hydrogen (secondary N) is 1. The minimum absolute atomic E-state index is 0.675. The van der Waals surface area contributed by atoms with E-state index in [9.17, 15) is 0 Å². The van der Waals surface area contributed by atoms with Crippen LogP contribution < -0.4 is 5.32 Å². The Hall–Kier alpha value is -0.820. The number of benzene rings is 1. The molecule has 0 heterocycles. The van der Waals surface area contributed by atoms with Crippen LogP contribution in [0.25, 0.3) is 0 Å². The van der Waals surface area contributed by atoms with E-state index in [1.54, 1.807) is 0 Å². The highest BCUT2D eigenvalue weighted by Gasteiger charge is 2.40. The molecule has 3 rings (SSSR count). The smallest absolute Gasteiger partial charge is 0.00152 e. The van der Waals surface area contributed by atoms with Crippen LogP contribution >= 0.6 is 0 Å². The Labute approximate surface area is 117 Å². The van der Waals surface area contributed by atoms with E-state index < -0.39 is 0 Å². The van der Waals surface area contributed by atoms with Gasteiger partial charge in [0.15, 0.2) is 0 Å². The molecule has 2 aliphatic rings. The summed E-state index contributed by atoms with van der Waals surface area (Å²) in [4.78, 5) is 0. The van der Waals surface area contributed by atoms with Crippen molar-refractivity contribution in [2.75, 3.05) is 13.1 Å². The molecule has 0 amide bonds. The first-order valence-electron chi connectivity index (χ1n) is 8.10. The second kappa shape index (κ2) is 6.09. The molecule has 1 nitrogen and oxygen atoms in total. The van der Waals surface area contributed by atoms with E-state index >= 15 is 0 Å². The van der Waals surface area contributed by atoms with Crippen LogP contribution in [-0.4, -0.2) is 13.1 Å². The van der Waals surface area contributed by atoms with Gasteiger partial charge >= 0.3 is 0 Å². The highest BCUT2D eigenvalue weighted by atomic mass is 14.9. The SMILES string of the molecule is CC(CCNCC(C1CC1)C1CC1)c1ccccc1. The molecule has 0 aromatic heterocycles. The van der Waals surface area contributed by atoms with Gasteiger partial charge in [-0.25, -0.2) is 0 Å². The lowest BCUT2D eigenvalue weighted by Gasteiger charge is -2.17. The van der Waals surface area contributed by atoms with Gasteiger partial charge in [-0.3, -0.25) is 0 Å². The van der Waals surface area contributed by atoms with Gasteiger partial charge in [-0.1, -0.05) is 37.3 Å². The molecule has 1 atom stereocenters. The second-order valence-corrected chi connectivity index (χ2v) is 6.64. The first-order valence-corrected chi connectivity index (χ1v) is 8.10. The third-order valence-corrected chi connectivity index (χ3v) is 4.96. The molecule has 2 fully saturated rings. The van der Waals surface area contributed by atoms with E-state index in [4.69, 9.17) is 0 Å². The van der Waals surface area contributed by atoms with Crippen molar-refractivity contribution in [3.63, 3.8) is 0 Å². The molecule has 1 heteroatoms. The van der Waals surface area contributed by atoms with Crippen molar-refractivity contribution in [2.45, 2.75) is 44.9 Å². The predicted octanol–water partition coefficient (Wildman–Crippen LogP) is 4.21. The van der Waals surface area contributed by atoms with Crippen LogP contribution in [0.1, 0.15) is 50.5 Å². The van der Waals surface area contributed by atoms with E-state index in [0.717, 1.165) is 17.8 Å². The highest BCUT2D eigenvalue weighted by Crippen LogP contribution is 2.48. The molecule has 2 saturated carbocycles. The van der Waals surface area contributed by atoms with Crippen molar-refractivity contribution in [1.82, 2.24) is 5.32 Å². The van der Waals surface area contributed by atoms with E-state index in [0.29, 0.717) is 5.92 Å². The fourth-order valence-electron chi connectivity index (χ4n) is 3.30. The van der Waals surface area contributed by atoms with Crippen LogP contribution in [0.4, 0.5) is 0 Å². The maximum atomic E-state index is 3.73. The molecule has 2 aliphatic carbocycles. The molecule has 1 aromatic carbocycles. The lowest BCUT2D eigenvalue weighted by Crippen LogP contribution is -2.27. The zero-order valence-electron chi connectivity index (χ0n) is 12.1. The molecule has 0 aliphatic heterocycles. The lowest BCUT2D eigenvalue weighted by atomic mass is 9.96. The van der Waals surface area contributed by atoms with Gasteiger partial charge in [-0.2, -0.15) is 0 Å². The summed E-state index contributed by atoms with van der Waals surface area (Å²) in [6.45, 7) is 4.79. The van der Waals surface area contributed by atoms with E-state index in [1.807, 2.05) is 0 Å². The first-order chi connectivity index (χ1) is 9.34. The Morgan fingerprint density at radius 1 is 1.05 bits per heavy atom. The topological polar surface area (TPSA) is 12.0 Å². The van der Waals surface area contributed by atoms with Crippen molar-refractivity contribution < 1.29 is 0 Å². The standard InChI is InChI=1S/C18H27N/c1-14(15-5-3-2-4-6-15)11-12-19-13-18(16-7-8-16)17-9-10-17/h2-6,14,16-19H,7-13H2,1H3. The Morgan fingerprint density at radius 2 is 1.68 bits per heavy atom. The molecule has 0 spiro atoms. The summed E-state index contributed by atoms with van der Waals surface area (Å²) in [6.07, 6.45) is 7.27. The molecule has 1 N–H and O–H groups in total. The minimum atomic E-state index is 0.675. The number of hydrogen-bond acceptors (Lipinski definition) is 1. The van der Waals surface area contributed by atoms with Crippen LogP contribution in [0.5, 0.6) is 0 Å². The van der Waals surface area contributed by atoms with Crippen molar-refractivity contribution >= 4 is 0 Å². The predicted molar refractivity (Wildman–Crippen MR) is 81.3 cm³/mol. The van der Waals surface area contributed by atoms with E-state index in [1.165, 1.54) is 50.8 Å². The summed E-state index contributed by atoms with van der Waals surface area (Å²) in [5.74, 6) is 3.83. The normalized spacial score (nSPS) is 20.7. The van der Waals surface area contributed by atoms with Gasteiger partial charge in [-0.05, 0) is 74.4 Å². The molecule has 0 radical (unpaired) electrons. The highest BCUT2D eigenvalue weighted by molar-refractivity contribution is 5.18. The average Bonchev–Trinajstić information content (AvgIpc) is 3.32. The average molecular weight is 257 g/mol. The van der Waals surface area contributed by atoms with Gasteiger partial charge in [0, 0.05) is 0 Å². The zero-order valence-corrected chi connectivity index (χ0v) is 12.1. The van der Waals surface area contributed by atoms with E-state index in [-0.39, 0.29) is 0 Å². The Bertz CT molecular complexity index is 366. The summed E-state index contributed by atoms with van der Waals surface area (Å²) < 4.78 is 0. The minimum Gasteiger partial charge on any atom is -0.316 e. The van der Waals surface area contributed by atoms with Crippen molar-refractivity contribution in [1.29, 1.82) is 0 Å². The fraction of sp³-hybridized carbons (Fsp3) is 0.667. The van der Waals surface area contributed by atoms with E-state index in [2.05, 4.69) is 42.6 Å². The number of rotatable bonds is 8. The summed E-state index contributed by atoms with van der Waals surface area (Å²) in [5.41, 5.74) is 1.48.